The summed E-state index contributed by atoms with van der Waals surface area (Å²) in [6, 6.07) is 4.78. The molecule has 0 bridgehead atoms. The highest BCUT2D eigenvalue weighted by Crippen LogP contribution is 2.18. The van der Waals surface area contributed by atoms with E-state index in [2.05, 4.69) is 27.2 Å². The summed E-state index contributed by atoms with van der Waals surface area (Å²) in [7, 11) is 0. The molecule has 1 N–H and O–H groups in total. The summed E-state index contributed by atoms with van der Waals surface area (Å²) in [5.74, 6) is 2.06. The monoisotopic (exact) mass is 227 g/mol. The molecule has 0 amide bonds. The van der Waals surface area contributed by atoms with Crippen LogP contribution in [-0.4, -0.2) is 6.54 Å². The summed E-state index contributed by atoms with van der Waals surface area (Å²) >= 11 is 3.16. The van der Waals surface area contributed by atoms with E-state index in [-0.39, 0.29) is 5.82 Å². The number of hydrogen-bond donors (Lipinski definition) is 1. The van der Waals surface area contributed by atoms with Gasteiger partial charge in [-0.1, -0.05) is 21.9 Å². The minimum Gasteiger partial charge on any atom is -0.372 e. The lowest BCUT2D eigenvalue weighted by atomic mass is 10.3. The molecule has 0 spiro atoms. The zero-order chi connectivity index (χ0) is 8.97. The number of halogens is 2. The third-order valence-corrected chi connectivity index (χ3v) is 1.81. The van der Waals surface area contributed by atoms with E-state index in [1.807, 2.05) is 0 Å². The van der Waals surface area contributed by atoms with Crippen LogP contribution in [-0.2, 0) is 0 Å². The molecule has 0 radical (unpaired) electrons. The topological polar surface area (TPSA) is 12.0 Å². The highest BCUT2D eigenvalue weighted by molar-refractivity contribution is 9.10. The predicted octanol–water partition coefficient (Wildman–Crippen LogP) is 2.63. The lowest BCUT2D eigenvalue weighted by Crippen LogP contribution is -2.00. The Kier molecular flexibility index (Phi) is 3.12. The second-order valence-corrected chi connectivity index (χ2v) is 3.10. The van der Waals surface area contributed by atoms with Crippen LogP contribution in [0.5, 0.6) is 0 Å². The summed E-state index contributed by atoms with van der Waals surface area (Å²) in [5, 5.41) is 2.76. The lowest BCUT2D eigenvalue weighted by Gasteiger charge is -2.03. The second-order valence-electron chi connectivity index (χ2n) is 2.18. The van der Waals surface area contributed by atoms with Gasteiger partial charge in [0.25, 0.3) is 0 Å². The second kappa shape index (κ2) is 4.13. The van der Waals surface area contributed by atoms with Gasteiger partial charge in [0.2, 0.25) is 0 Å². The van der Waals surface area contributed by atoms with Crippen LogP contribution in [0.2, 0.25) is 0 Å². The van der Waals surface area contributed by atoms with Gasteiger partial charge in [0.05, 0.1) is 12.2 Å². The van der Waals surface area contributed by atoms with Gasteiger partial charge in [-0.15, -0.1) is 6.42 Å². The van der Waals surface area contributed by atoms with E-state index in [9.17, 15) is 4.39 Å². The fourth-order valence-electron chi connectivity index (χ4n) is 0.779. The third kappa shape index (κ3) is 2.24. The van der Waals surface area contributed by atoms with Crippen LogP contribution in [0.15, 0.2) is 22.7 Å². The average Bonchev–Trinajstić information content (AvgIpc) is 2.03. The summed E-state index contributed by atoms with van der Waals surface area (Å²) in [6.45, 7) is 0.332. The van der Waals surface area contributed by atoms with Gasteiger partial charge in [-0.2, -0.15) is 0 Å². The molecule has 0 aromatic heterocycles. The van der Waals surface area contributed by atoms with Crippen LogP contribution in [0.3, 0.4) is 0 Å². The highest BCUT2D eigenvalue weighted by atomic mass is 79.9. The highest BCUT2D eigenvalue weighted by Gasteiger charge is 1.99. The third-order valence-electron chi connectivity index (χ3n) is 1.31. The van der Waals surface area contributed by atoms with Crippen molar-refractivity contribution in [3.05, 3.63) is 28.5 Å². The zero-order valence-corrected chi connectivity index (χ0v) is 7.86. The molecule has 1 aromatic carbocycles. The fraction of sp³-hybridized carbons (Fsp3) is 0.111. The van der Waals surface area contributed by atoms with Gasteiger partial charge in [0, 0.05) is 4.47 Å². The van der Waals surface area contributed by atoms with Gasteiger partial charge < -0.3 is 5.32 Å². The maximum Gasteiger partial charge on any atom is 0.147 e. The lowest BCUT2D eigenvalue weighted by molar-refractivity contribution is 0.630. The van der Waals surface area contributed by atoms with Crippen molar-refractivity contribution in [2.75, 3.05) is 11.9 Å². The standard InChI is InChI=1S/C9H7BrFN/c1-2-5-12-9-4-3-7(10)6-8(9)11/h1,3-4,6,12H,5H2. The van der Waals surface area contributed by atoms with Crippen LogP contribution in [0.1, 0.15) is 0 Å². The van der Waals surface area contributed by atoms with Crippen molar-refractivity contribution in [1.29, 1.82) is 0 Å². The van der Waals surface area contributed by atoms with Gasteiger partial charge in [0.1, 0.15) is 5.82 Å². The van der Waals surface area contributed by atoms with Gasteiger partial charge in [-0.3, -0.25) is 0 Å². The first-order valence-electron chi connectivity index (χ1n) is 3.36. The van der Waals surface area contributed by atoms with Crippen LogP contribution < -0.4 is 5.32 Å². The van der Waals surface area contributed by atoms with Crippen molar-refractivity contribution in [3.63, 3.8) is 0 Å². The Morgan fingerprint density at radius 2 is 2.33 bits per heavy atom. The molecule has 0 unspecified atom stereocenters. The van der Waals surface area contributed by atoms with E-state index in [1.165, 1.54) is 6.07 Å². The quantitative estimate of drug-likeness (QED) is 0.767. The zero-order valence-electron chi connectivity index (χ0n) is 6.27. The van der Waals surface area contributed by atoms with E-state index in [4.69, 9.17) is 6.42 Å². The molecule has 0 aliphatic heterocycles. The van der Waals surface area contributed by atoms with Gasteiger partial charge >= 0.3 is 0 Å². The molecule has 0 fully saturated rings. The predicted molar refractivity (Wildman–Crippen MR) is 51.4 cm³/mol. The Hall–Kier alpha value is -1.01. The number of anilines is 1. The van der Waals surface area contributed by atoms with Gasteiger partial charge in [-0.25, -0.2) is 4.39 Å². The van der Waals surface area contributed by atoms with Crippen LogP contribution in [0.25, 0.3) is 0 Å². The van der Waals surface area contributed by atoms with E-state index in [0.717, 1.165) is 0 Å². The van der Waals surface area contributed by atoms with E-state index in [0.29, 0.717) is 16.7 Å². The smallest absolute Gasteiger partial charge is 0.147 e. The van der Waals surface area contributed by atoms with E-state index in [1.54, 1.807) is 12.1 Å². The molecule has 1 aromatic rings. The molecule has 3 heteroatoms. The molecule has 0 saturated carbocycles. The average molecular weight is 228 g/mol. The SMILES string of the molecule is C#CCNc1ccc(Br)cc1F. The Labute approximate surface area is 79.1 Å². The molecule has 62 valence electrons. The first-order chi connectivity index (χ1) is 5.74. The van der Waals surface area contributed by atoms with E-state index >= 15 is 0 Å². The van der Waals surface area contributed by atoms with Crippen LogP contribution in [0.4, 0.5) is 10.1 Å². The summed E-state index contributed by atoms with van der Waals surface area (Å²) < 4.78 is 13.7. The van der Waals surface area contributed by atoms with Crippen molar-refractivity contribution >= 4 is 21.6 Å². The molecule has 0 atom stereocenters. The minimum atomic E-state index is -0.306. The molecule has 0 aliphatic carbocycles. The number of hydrogen-bond acceptors (Lipinski definition) is 1. The van der Waals surface area contributed by atoms with Crippen molar-refractivity contribution in [2.24, 2.45) is 0 Å². The van der Waals surface area contributed by atoms with Crippen molar-refractivity contribution < 1.29 is 4.39 Å². The normalized spacial score (nSPS) is 9.08. The fourth-order valence-corrected chi connectivity index (χ4v) is 1.11. The van der Waals surface area contributed by atoms with E-state index < -0.39 is 0 Å². The molecular formula is C9H7BrFN. The Morgan fingerprint density at radius 1 is 1.58 bits per heavy atom. The molecule has 1 nitrogen and oxygen atoms in total. The summed E-state index contributed by atoms with van der Waals surface area (Å²) in [5.41, 5.74) is 0.427. The maximum atomic E-state index is 13.0. The molecule has 1 rings (SSSR count). The minimum absolute atomic E-state index is 0.306. The Morgan fingerprint density at radius 3 is 2.92 bits per heavy atom. The van der Waals surface area contributed by atoms with Crippen molar-refractivity contribution in [1.82, 2.24) is 0 Å². The number of rotatable bonds is 2. The molecule has 0 aliphatic rings. The van der Waals surface area contributed by atoms with Gasteiger partial charge in [-0.05, 0) is 18.2 Å². The van der Waals surface area contributed by atoms with Crippen LogP contribution >= 0.6 is 15.9 Å². The Bertz CT molecular complexity index is 317. The van der Waals surface area contributed by atoms with Crippen LogP contribution in [0, 0.1) is 18.2 Å². The van der Waals surface area contributed by atoms with Gasteiger partial charge in [0.15, 0.2) is 0 Å². The molecule has 0 heterocycles. The maximum absolute atomic E-state index is 13.0. The Balaban J connectivity index is 2.81. The van der Waals surface area contributed by atoms with Crippen molar-refractivity contribution in [3.8, 4) is 12.3 Å². The largest absolute Gasteiger partial charge is 0.372 e. The van der Waals surface area contributed by atoms with Crippen molar-refractivity contribution in [2.45, 2.75) is 0 Å². The molecular weight excluding hydrogens is 221 g/mol. The molecule has 12 heavy (non-hydrogen) atoms. The number of benzene rings is 1. The summed E-state index contributed by atoms with van der Waals surface area (Å²) in [6.07, 6.45) is 5.01. The number of terminal acetylenes is 1. The summed E-state index contributed by atoms with van der Waals surface area (Å²) in [4.78, 5) is 0. The molecule has 0 saturated heterocycles. The first-order valence-corrected chi connectivity index (χ1v) is 4.15. The number of nitrogens with one attached hydrogen (secondary N) is 1. The first kappa shape index (κ1) is 9.08.